The Morgan fingerprint density at radius 2 is 1.96 bits per heavy atom. The van der Waals surface area contributed by atoms with Gasteiger partial charge in [0.25, 0.3) is 0 Å². The molecule has 1 aliphatic heterocycles. The number of likely N-dealkylation sites (tertiary alicyclic amines) is 1. The van der Waals surface area contributed by atoms with E-state index in [9.17, 15) is 9.18 Å². The van der Waals surface area contributed by atoms with E-state index in [2.05, 4.69) is 22.3 Å². The molecule has 3 atom stereocenters. The molecule has 2 aliphatic rings. The zero-order valence-corrected chi connectivity index (χ0v) is 16.2. The third kappa shape index (κ3) is 4.20. The van der Waals surface area contributed by atoms with E-state index in [4.69, 9.17) is 4.74 Å². The van der Waals surface area contributed by atoms with Crippen molar-refractivity contribution in [2.45, 2.75) is 31.2 Å². The van der Waals surface area contributed by atoms with E-state index in [1.165, 1.54) is 30.5 Å². The van der Waals surface area contributed by atoms with Crippen LogP contribution in [-0.2, 0) is 4.79 Å². The van der Waals surface area contributed by atoms with Crippen molar-refractivity contribution in [2.24, 2.45) is 5.92 Å². The minimum absolute atomic E-state index is 0.00463. The van der Waals surface area contributed by atoms with Gasteiger partial charge in [0.05, 0.1) is 13.2 Å². The normalized spacial score (nSPS) is 22.6. The highest BCUT2D eigenvalue weighted by Crippen LogP contribution is 2.47. The maximum Gasteiger partial charge on any atom is 0.223 e. The van der Waals surface area contributed by atoms with Crippen molar-refractivity contribution < 1.29 is 13.9 Å². The van der Waals surface area contributed by atoms with Gasteiger partial charge < -0.3 is 10.1 Å². The molecule has 0 aromatic heterocycles. The maximum atomic E-state index is 13.1. The first kappa shape index (κ1) is 18.9. The topological polar surface area (TPSA) is 41.6 Å². The summed E-state index contributed by atoms with van der Waals surface area (Å²) in [7, 11) is 1.68. The van der Waals surface area contributed by atoms with Crippen LogP contribution < -0.4 is 10.1 Å². The highest BCUT2D eigenvalue weighted by molar-refractivity contribution is 5.82. The highest BCUT2D eigenvalue weighted by atomic mass is 19.1. The van der Waals surface area contributed by atoms with Crippen molar-refractivity contribution in [1.82, 2.24) is 10.2 Å². The Hall–Kier alpha value is -2.40. The molecule has 1 heterocycles. The van der Waals surface area contributed by atoms with Crippen LogP contribution in [0.5, 0.6) is 5.75 Å². The first-order valence-corrected chi connectivity index (χ1v) is 10.1. The fourth-order valence-electron chi connectivity index (χ4n) is 4.25. The summed E-state index contributed by atoms with van der Waals surface area (Å²) in [6, 6.07) is 14.8. The maximum absolute atomic E-state index is 13.1. The van der Waals surface area contributed by atoms with Crippen LogP contribution >= 0.6 is 0 Å². The number of carbonyl (C=O) groups excluding carboxylic acids is 1. The van der Waals surface area contributed by atoms with Gasteiger partial charge in [-0.25, -0.2) is 4.39 Å². The summed E-state index contributed by atoms with van der Waals surface area (Å²) in [6.45, 7) is 2.71. The molecule has 148 valence electrons. The molecular formula is C23H27FN2O2. The van der Waals surface area contributed by atoms with Gasteiger partial charge in [-0.2, -0.15) is 0 Å². The Balaban J connectivity index is 1.40. The van der Waals surface area contributed by atoms with Gasteiger partial charge in [-0.3, -0.25) is 9.69 Å². The summed E-state index contributed by atoms with van der Waals surface area (Å²) in [6.07, 6.45) is 3.23. The summed E-state index contributed by atoms with van der Waals surface area (Å²) in [4.78, 5) is 15.1. The number of nitrogens with one attached hydrogen (secondary N) is 1. The number of hydrogen-bond donors (Lipinski definition) is 1. The molecule has 1 saturated carbocycles. The molecule has 4 nitrogen and oxygen atoms in total. The lowest BCUT2D eigenvalue weighted by molar-refractivity contribution is -0.122. The van der Waals surface area contributed by atoms with Gasteiger partial charge >= 0.3 is 0 Å². The summed E-state index contributed by atoms with van der Waals surface area (Å²) in [5, 5.41) is 3.17. The molecule has 1 N–H and O–H groups in total. The van der Waals surface area contributed by atoms with Gasteiger partial charge in [0, 0.05) is 12.5 Å². The van der Waals surface area contributed by atoms with Crippen molar-refractivity contribution >= 4 is 5.91 Å². The van der Waals surface area contributed by atoms with E-state index in [1.807, 2.05) is 12.1 Å². The number of nitrogens with zero attached hydrogens (tertiary/aromatic N) is 1. The monoisotopic (exact) mass is 382 g/mol. The number of carbonyl (C=O) groups is 1. The lowest BCUT2D eigenvalue weighted by Gasteiger charge is -2.28. The molecule has 1 aliphatic carbocycles. The number of ether oxygens (including phenoxy) is 1. The van der Waals surface area contributed by atoms with E-state index in [0.717, 1.165) is 30.8 Å². The van der Waals surface area contributed by atoms with Gasteiger partial charge in [-0.1, -0.05) is 24.3 Å². The van der Waals surface area contributed by atoms with Gasteiger partial charge in [0.2, 0.25) is 5.91 Å². The molecule has 28 heavy (non-hydrogen) atoms. The molecule has 5 heteroatoms. The second kappa shape index (κ2) is 8.31. The molecule has 4 rings (SSSR count). The Morgan fingerprint density at radius 3 is 2.68 bits per heavy atom. The molecule has 0 radical (unpaired) electrons. The average Bonchev–Trinajstić information content (AvgIpc) is 3.35. The van der Waals surface area contributed by atoms with Crippen molar-refractivity contribution in [2.75, 3.05) is 26.7 Å². The summed E-state index contributed by atoms with van der Waals surface area (Å²) in [5.41, 5.74) is 2.22. The van der Waals surface area contributed by atoms with E-state index in [-0.39, 0.29) is 29.6 Å². The molecule has 0 spiro atoms. The standard InChI is InChI=1S/C23H27FN2O2/c1-28-19-6-4-5-17(13-19)22(26-11-2-3-12-26)15-25-23(27)21-14-20(21)16-7-9-18(24)10-8-16/h4-10,13,20-22H,2-3,11-12,14-15H2,1H3,(H,25,27)/t20-,21+,22+/m1/s1. The Morgan fingerprint density at radius 1 is 1.21 bits per heavy atom. The zero-order valence-electron chi connectivity index (χ0n) is 16.2. The Kier molecular flexibility index (Phi) is 5.62. The van der Waals surface area contributed by atoms with Crippen LogP contribution in [0.1, 0.15) is 42.3 Å². The molecule has 2 aromatic carbocycles. The third-order valence-electron chi connectivity index (χ3n) is 5.96. The fourth-order valence-corrected chi connectivity index (χ4v) is 4.25. The van der Waals surface area contributed by atoms with Crippen molar-refractivity contribution in [3.8, 4) is 5.75 Å². The second-order valence-electron chi connectivity index (χ2n) is 7.78. The average molecular weight is 382 g/mol. The van der Waals surface area contributed by atoms with Gasteiger partial charge in [-0.05, 0) is 73.7 Å². The van der Waals surface area contributed by atoms with Crippen LogP contribution in [0, 0.1) is 11.7 Å². The van der Waals surface area contributed by atoms with E-state index < -0.39 is 0 Å². The summed E-state index contributed by atoms with van der Waals surface area (Å²) >= 11 is 0. The molecule has 0 bridgehead atoms. The number of benzene rings is 2. The number of methoxy groups -OCH3 is 1. The minimum atomic E-state index is -0.239. The van der Waals surface area contributed by atoms with Crippen LogP contribution in [0.2, 0.25) is 0 Å². The number of hydrogen-bond acceptors (Lipinski definition) is 3. The zero-order chi connectivity index (χ0) is 19.5. The predicted octanol–water partition coefficient (Wildman–Crippen LogP) is 3.89. The van der Waals surface area contributed by atoms with E-state index in [1.54, 1.807) is 19.2 Å². The Bertz CT molecular complexity index is 818. The molecule has 1 saturated heterocycles. The summed E-state index contributed by atoms with van der Waals surface area (Å²) < 4.78 is 18.5. The molecule has 0 unspecified atom stereocenters. The summed E-state index contributed by atoms with van der Waals surface area (Å²) in [5.74, 6) is 0.905. The van der Waals surface area contributed by atoms with Crippen LogP contribution in [0.3, 0.4) is 0 Å². The Labute approximate surface area is 165 Å². The lowest BCUT2D eigenvalue weighted by atomic mass is 10.0. The molecule has 2 fully saturated rings. The first-order chi connectivity index (χ1) is 13.7. The minimum Gasteiger partial charge on any atom is -0.497 e. The van der Waals surface area contributed by atoms with Crippen LogP contribution in [0.4, 0.5) is 4.39 Å². The van der Waals surface area contributed by atoms with Gasteiger partial charge in [0.1, 0.15) is 11.6 Å². The lowest BCUT2D eigenvalue weighted by Crippen LogP contribution is -2.37. The van der Waals surface area contributed by atoms with Crippen molar-refractivity contribution in [1.29, 1.82) is 0 Å². The quantitative estimate of drug-likeness (QED) is 0.790. The van der Waals surface area contributed by atoms with Crippen molar-refractivity contribution in [3.63, 3.8) is 0 Å². The smallest absolute Gasteiger partial charge is 0.223 e. The second-order valence-corrected chi connectivity index (χ2v) is 7.78. The number of halogens is 1. The van der Waals surface area contributed by atoms with Gasteiger partial charge in [-0.15, -0.1) is 0 Å². The third-order valence-corrected chi connectivity index (χ3v) is 5.96. The van der Waals surface area contributed by atoms with Crippen LogP contribution in [0.25, 0.3) is 0 Å². The molecule has 2 aromatic rings. The van der Waals surface area contributed by atoms with Crippen LogP contribution in [0.15, 0.2) is 48.5 Å². The number of amides is 1. The van der Waals surface area contributed by atoms with Crippen molar-refractivity contribution in [3.05, 3.63) is 65.5 Å². The SMILES string of the molecule is COc1cccc([C@H](CNC(=O)[C@H]2C[C@@H]2c2ccc(F)cc2)N2CCCC2)c1. The van der Waals surface area contributed by atoms with E-state index >= 15 is 0 Å². The predicted molar refractivity (Wildman–Crippen MR) is 107 cm³/mol. The molecule has 1 amide bonds. The van der Waals surface area contributed by atoms with Gasteiger partial charge in [0.15, 0.2) is 0 Å². The molecular weight excluding hydrogens is 355 g/mol. The first-order valence-electron chi connectivity index (χ1n) is 10.1. The fraction of sp³-hybridized carbons (Fsp3) is 0.435. The van der Waals surface area contributed by atoms with Crippen LogP contribution in [-0.4, -0.2) is 37.6 Å². The van der Waals surface area contributed by atoms with E-state index in [0.29, 0.717) is 6.54 Å². The number of rotatable bonds is 7. The largest absolute Gasteiger partial charge is 0.497 e. The highest BCUT2D eigenvalue weighted by Gasteiger charge is 2.44.